The quantitative estimate of drug-likeness (QED) is 0.617. The highest BCUT2D eigenvalue weighted by atomic mass is 127. The number of rotatable bonds is 1. The fourth-order valence-electron chi connectivity index (χ4n) is 0.753. The molecule has 1 amide bonds. The summed E-state index contributed by atoms with van der Waals surface area (Å²) in [6.45, 7) is 0. The summed E-state index contributed by atoms with van der Waals surface area (Å²) in [5, 5.41) is 0. The Kier molecular flexibility index (Phi) is 3.05. The first kappa shape index (κ1) is 9.91. The third-order valence-electron chi connectivity index (χ3n) is 1.29. The summed E-state index contributed by atoms with van der Waals surface area (Å²) in [5.41, 5.74) is 4.88. The lowest BCUT2D eigenvalue weighted by Crippen LogP contribution is -2.14. The van der Waals surface area contributed by atoms with E-state index in [1.165, 1.54) is 0 Å². The molecule has 64 valence electrons. The van der Waals surface area contributed by atoms with Crippen LogP contribution in [0.4, 0.5) is 4.39 Å². The zero-order valence-corrected chi connectivity index (χ0v) is 9.52. The van der Waals surface area contributed by atoms with Gasteiger partial charge in [0.25, 0.3) is 5.91 Å². The van der Waals surface area contributed by atoms with Crippen LogP contribution in [0.25, 0.3) is 0 Å². The second-order valence-corrected chi connectivity index (χ2v) is 4.10. The first-order valence-electron chi connectivity index (χ1n) is 2.97. The van der Waals surface area contributed by atoms with Gasteiger partial charge in [0.05, 0.1) is 5.56 Å². The number of amides is 1. The molecule has 0 aromatic heterocycles. The van der Waals surface area contributed by atoms with Crippen LogP contribution < -0.4 is 5.73 Å². The molecule has 0 aliphatic carbocycles. The minimum absolute atomic E-state index is 0.0955. The Hall–Kier alpha value is -0.170. The topological polar surface area (TPSA) is 43.1 Å². The zero-order valence-electron chi connectivity index (χ0n) is 5.77. The van der Waals surface area contributed by atoms with Gasteiger partial charge in [-0.3, -0.25) is 4.79 Å². The van der Waals surface area contributed by atoms with E-state index in [1.54, 1.807) is 34.7 Å². The number of carbonyl (C=O) groups excluding carboxylic acids is 1. The van der Waals surface area contributed by atoms with Crippen molar-refractivity contribution in [2.45, 2.75) is 0 Å². The van der Waals surface area contributed by atoms with Crippen molar-refractivity contribution in [3.05, 3.63) is 31.6 Å². The molecule has 0 radical (unpaired) electrons. The Morgan fingerprint density at radius 2 is 2.17 bits per heavy atom. The second-order valence-electron chi connectivity index (χ2n) is 2.08. The molecule has 0 aliphatic heterocycles. The van der Waals surface area contributed by atoms with E-state index in [4.69, 9.17) is 5.73 Å². The standard InChI is InChI=1S/C7H4BrFINO/c8-3-1-2-4(10)6(9)5(3)7(11)12/h1-2H,(H2,11,12). The molecule has 1 aromatic rings. The molecule has 5 heteroatoms. The van der Waals surface area contributed by atoms with Crippen LogP contribution in [0, 0.1) is 9.39 Å². The fourth-order valence-corrected chi connectivity index (χ4v) is 1.70. The smallest absolute Gasteiger partial charge is 0.252 e. The monoisotopic (exact) mass is 343 g/mol. The Balaban J connectivity index is 3.43. The fraction of sp³-hybridized carbons (Fsp3) is 0. The molecule has 0 saturated heterocycles. The van der Waals surface area contributed by atoms with Crippen LogP contribution in [0.15, 0.2) is 16.6 Å². The van der Waals surface area contributed by atoms with Gasteiger partial charge < -0.3 is 5.73 Å². The van der Waals surface area contributed by atoms with E-state index in [1.807, 2.05) is 0 Å². The zero-order chi connectivity index (χ0) is 9.30. The number of halogens is 3. The van der Waals surface area contributed by atoms with Gasteiger partial charge in [-0.1, -0.05) is 0 Å². The van der Waals surface area contributed by atoms with Crippen LogP contribution in [0.3, 0.4) is 0 Å². The maximum atomic E-state index is 13.2. The lowest BCUT2D eigenvalue weighted by molar-refractivity contribution is 0.0995. The molecule has 2 N–H and O–H groups in total. The highest BCUT2D eigenvalue weighted by Crippen LogP contribution is 2.23. The Bertz CT molecular complexity index is 342. The third kappa shape index (κ3) is 1.77. The molecule has 0 fully saturated rings. The molecule has 0 aliphatic rings. The minimum Gasteiger partial charge on any atom is -0.365 e. The molecule has 1 rings (SSSR count). The van der Waals surface area contributed by atoms with E-state index in [9.17, 15) is 9.18 Å². The first-order valence-corrected chi connectivity index (χ1v) is 4.84. The van der Waals surface area contributed by atoms with Gasteiger partial charge in [0, 0.05) is 8.04 Å². The lowest BCUT2D eigenvalue weighted by Gasteiger charge is -2.02. The summed E-state index contributed by atoms with van der Waals surface area (Å²) in [6, 6.07) is 3.15. The minimum atomic E-state index is -0.766. The molecule has 0 bridgehead atoms. The van der Waals surface area contributed by atoms with Gasteiger partial charge in [-0.25, -0.2) is 4.39 Å². The number of nitrogens with two attached hydrogens (primary N) is 1. The summed E-state index contributed by atoms with van der Waals surface area (Å²) >= 11 is 4.83. The highest BCUT2D eigenvalue weighted by molar-refractivity contribution is 14.1. The highest BCUT2D eigenvalue weighted by Gasteiger charge is 2.14. The van der Waals surface area contributed by atoms with Crippen molar-refractivity contribution in [2.75, 3.05) is 0 Å². The number of benzene rings is 1. The van der Waals surface area contributed by atoms with Gasteiger partial charge in [-0.15, -0.1) is 0 Å². The van der Waals surface area contributed by atoms with Crippen LogP contribution in [0.5, 0.6) is 0 Å². The number of primary amides is 1. The van der Waals surface area contributed by atoms with Gasteiger partial charge >= 0.3 is 0 Å². The van der Waals surface area contributed by atoms with Crippen LogP contribution in [-0.4, -0.2) is 5.91 Å². The van der Waals surface area contributed by atoms with Crippen molar-refractivity contribution in [2.24, 2.45) is 5.73 Å². The van der Waals surface area contributed by atoms with Crippen molar-refractivity contribution in [3.8, 4) is 0 Å². The van der Waals surface area contributed by atoms with E-state index in [0.29, 0.717) is 8.04 Å². The SMILES string of the molecule is NC(=O)c1c(Br)ccc(I)c1F. The third-order valence-corrected chi connectivity index (χ3v) is 2.78. The molecular weight excluding hydrogens is 340 g/mol. The van der Waals surface area contributed by atoms with Crippen molar-refractivity contribution in [1.82, 2.24) is 0 Å². The van der Waals surface area contributed by atoms with Gasteiger partial charge in [0.1, 0.15) is 5.82 Å². The molecular formula is C7H4BrFINO. The summed E-state index contributed by atoms with van der Waals surface area (Å²) in [7, 11) is 0. The molecule has 0 unspecified atom stereocenters. The Labute approximate surface area is 90.6 Å². The van der Waals surface area contributed by atoms with Crippen molar-refractivity contribution < 1.29 is 9.18 Å². The summed E-state index contributed by atoms with van der Waals surface area (Å²) < 4.78 is 13.9. The normalized spacial score (nSPS) is 9.92. The predicted octanol–water partition coefficient (Wildman–Crippen LogP) is 2.29. The summed E-state index contributed by atoms with van der Waals surface area (Å²) in [4.78, 5) is 10.7. The molecule has 0 saturated carbocycles. The lowest BCUT2D eigenvalue weighted by atomic mass is 10.2. The maximum Gasteiger partial charge on any atom is 0.252 e. The van der Waals surface area contributed by atoms with Crippen molar-refractivity contribution in [3.63, 3.8) is 0 Å². The summed E-state index contributed by atoms with van der Waals surface area (Å²) in [5.74, 6) is -1.34. The van der Waals surface area contributed by atoms with Crippen LogP contribution in [0.1, 0.15) is 10.4 Å². The number of carbonyl (C=O) groups is 1. The largest absolute Gasteiger partial charge is 0.365 e. The summed E-state index contributed by atoms with van der Waals surface area (Å²) in [6.07, 6.45) is 0. The first-order chi connectivity index (χ1) is 5.54. The molecule has 0 heterocycles. The molecule has 1 aromatic carbocycles. The van der Waals surface area contributed by atoms with Crippen LogP contribution in [-0.2, 0) is 0 Å². The molecule has 2 nitrogen and oxygen atoms in total. The van der Waals surface area contributed by atoms with Gasteiger partial charge in [0.15, 0.2) is 0 Å². The van der Waals surface area contributed by atoms with E-state index >= 15 is 0 Å². The number of hydrogen-bond acceptors (Lipinski definition) is 1. The van der Waals surface area contributed by atoms with Crippen LogP contribution >= 0.6 is 38.5 Å². The molecule has 12 heavy (non-hydrogen) atoms. The predicted molar refractivity (Wildman–Crippen MR) is 55.3 cm³/mol. The average molecular weight is 344 g/mol. The van der Waals surface area contributed by atoms with Gasteiger partial charge in [0.2, 0.25) is 0 Å². The maximum absolute atomic E-state index is 13.2. The molecule has 0 spiro atoms. The number of hydrogen-bond donors (Lipinski definition) is 1. The van der Waals surface area contributed by atoms with Crippen molar-refractivity contribution in [1.29, 1.82) is 0 Å². The van der Waals surface area contributed by atoms with Crippen LogP contribution in [0.2, 0.25) is 0 Å². The molecule has 0 atom stereocenters. The van der Waals surface area contributed by atoms with E-state index in [0.717, 1.165) is 0 Å². The second kappa shape index (κ2) is 3.69. The average Bonchev–Trinajstić information content (AvgIpc) is 1.97. The Morgan fingerprint density at radius 3 is 2.58 bits per heavy atom. The van der Waals surface area contributed by atoms with E-state index in [-0.39, 0.29) is 5.56 Å². The Morgan fingerprint density at radius 1 is 1.58 bits per heavy atom. The van der Waals surface area contributed by atoms with E-state index < -0.39 is 11.7 Å². The van der Waals surface area contributed by atoms with Gasteiger partial charge in [-0.2, -0.15) is 0 Å². The van der Waals surface area contributed by atoms with E-state index in [2.05, 4.69) is 15.9 Å². The van der Waals surface area contributed by atoms with Gasteiger partial charge in [-0.05, 0) is 50.7 Å². The van der Waals surface area contributed by atoms with Crippen molar-refractivity contribution >= 4 is 44.4 Å².